The van der Waals surface area contributed by atoms with Gasteiger partial charge in [-0.3, -0.25) is 4.72 Å². The summed E-state index contributed by atoms with van der Waals surface area (Å²) >= 11 is 5.69. The second-order valence-corrected chi connectivity index (χ2v) is 6.34. The minimum atomic E-state index is -3.59. The third-order valence-electron chi connectivity index (χ3n) is 2.85. The zero-order valence-corrected chi connectivity index (χ0v) is 11.3. The van der Waals surface area contributed by atoms with Gasteiger partial charge in [0.25, 0.3) is 0 Å². The molecule has 100 valence electrons. The lowest BCUT2D eigenvalue weighted by molar-refractivity contribution is 0.349. The molecule has 0 aromatic heterocycles. The maximum absolute atomic E-state index is 12.1. The zero-order valence-electron chi connectivity index (χ0n) is 9.76. The molecule has 0 saturated carbocycles. The van der Waals surface area contributed by atoms with Gasteiger partial charge in [-0.15, -0.1) is 0 Å². The Balaban J connectivity index is 2.16. The molecule has 1 aromatic carbocycles. The summed E-state index contributed by atoms with van der Waals surface area (Å²) in [7, 11) is -3.59. The third kappa shape index (κ3) is 3.07. The standard InChI is InChI=1S/C11H15ClN2O3S/c12-9-4-5-10(11(15)8-9)13-18(16,17)14-6-2-1-3-7-14/h4-5,8,13,15H,1-3,6-7H2. The van der Waals surface area contributed by atoms with Crippen LogP contribution < -0.4 is 4.72 Å². The number of anilines is 1. The molecular weight excluding hydrogens is 276 g/mol. The molecule has 2 rings (SSSR count). The van der Waals surface area contributed by atoms with Gasteiger partial charge in [0.2, 0.25) is 0 Å². The van der Waals surface area contributed by atoms with E-state index in [9.17, 15) is 13.5 Å². The van der Waals surface area contributed by atoms with Crippen LogP contribution in [0, 0.1) is 0 Å². The molecule has 1 fully saturated rings. The summed E-state index contributed by atoms with van der Waals surface area (Å²) in [5, 5.41) is 9.98. The Bertz CT molecular complexity index is 527. The first kappa shape index (κ1) is 13.5. The van der Waals surface area contributed by atoms with Crippen molar-refractivity contribution in [1.82, 2.24) is 4.31 Å². The van der Waals surface area contributed by atoms with E-state index >= 15 is 0 Å². The summed E-state index contributed by atoms with van der Waals surface area (Å²) in [6.45, 7) is 1.04. The first-order valence-corrected chi connectivity index (χ1v) is 7.57. The van der Waals surface area contributed by atoms with Crippen LogP contribution >= 0.6 is 11.6 Å². The van der Waals surface area contributed by atoms with Crippen LogP contribution in [0.25, 0.3) is 0 Å². The van der Waals surface area contributed by atoms with Crippen LogP contribution in [-0.4, -0.2) is 30.9 Å². The van der Waals surface area contributed by atoms with Crippen LogP contribution in [0.5, 0.6) is 5.75 Å². The molecule has 1 aliphatic heterocycles. The predicted octanol–water partition coefficient (Wildman–Crippen LogP) is 2.19. The Morgan fingerprint density at radius 1 is 1.22 bits per heavy atom. The quantitative estimate of drug-likeness (QED) is 0.839. The largest absolute Gasteiger partial charge is 0.506 e. The van der Waals surface area contributed by atoms with Gasteiger partial charge in [-0.25, -0.2) is 0 Å². The molecule has 18 heavy (non-hydrogen) atoms. The fraction of sp³-hybridized carbons (Fsp3) is 0.455. The molecule has 1 aliphatic rings. The number of aromatic hydroxyl groups is 1. The van der Waals surface area contributed by atoms with Crippen molar-refractivity contribution in [2.45, 2.75) is 19.3 Å². The van der Waals surface area contributed by atoms with E-state index in [1.54, 1.807) is 0 Å². The molecule has 5 nitrogen and oxygen atoms in total. The van der Waals surface area contributed by atoms with Crippen LogP contribution in [0.1, 0.15) is 19.3 Å². The first-order chi connectivity index (χ1) is 8.49. The lowest BCUT2D eigenvalue weighted by Gasteiger charge is -2.26. The second-order valence-electron chi connectivity index (χ2n) is 4.23. The number of nitrogens with one attached hydrogen (secondary N) is 1. The lowest BCUT2D eigenvalue weighted by Crippen LogP contribution is -2.39. The van der Waals surface area contributed by atoms with Crippen LogP contribution in [0.4, 0.5) is 5.69 Å². The van der Waals surface area contributed by atoms with Gasteiger partial charge in [0.1, 0.15) is 5.75 Å². The van der Waals surface area contributed by atoms with E-state index in [0.29, 0.717) is 18.1 Å². The van der Waals surface area contributed by atoms with Crippen molar-refractivity contribution in [2.75, 3.05) is 17.8 Å². The minimum absolute atomic E-state index is 0.143. The Kier molecular flexibility index (Phi) is 3.99. The van der Waals surface area contributed by atoms with Gasteiger partial charge < -0.3 is 5.11 Å². The molecule has 0 unspecified atom stereocenters. The smallest absolute Gasteiger partial charge is 0.301 e. The molecule has 1 aromatic rings. The third-order valence-corrected chi connectivity index (χ3v) is 4.61. The summed E-state index contributed by atoms with van der Waals surface area (Å²) in [5.74, 6) is -0.178. The van der Waals surface area contributed by atoms with E-state index in [4.69, 9.17) is 11.6 Å². The molecule has 0 spiro atoms. The van der Waals surface area contributed by atoms with Crippen LogP contribution in [0.15, 0.2) is 18.2 Å². The van der Waals surface area contributed by atoms with Crippen molar-refractivity contribution in [1.29, 1.82) is 0 Å². The van der Waals surface area contributed by atoms with Crippen molar-refractivity contribution < 1.29 is 13.5 Å². The van der Waals surface area contributed by atoms with Gasteiger partial charge in [-0.1, -0.05) is 18.0 Å². The summed E-state index contributed by atoms with van der Waals surface area (Å²) in [5.41, 5.74) is 0.143. The average Bonchev–Trinajstić information content (AvgIpc) is 2.34. The maximum Gasteiger partial charge on any atom is 0.301 e. The van der Waals surface area contributed by atoms with Gasteiger partial charge in [-0.2, -0.15) is 12.7 Å². The molecule has 7 heteroatoms. The molecule has 1 heterocycles. The highest BCUT2D eigenvalue weighted by Crippen LogP contribution is 2.28. The Morgan fingerprint density at radius 3 is 2.50 bits per heavy atom. The van der Waals surface area contributed by atoms with E-state index in [1.807, 2.05) is 0 Å². The van der Waals surface area contributed by atoms with Gasteiger partial charge >= 0.3 is 10.2 Å². The van der Waals surface area contributed by atoms with Gasteiger partial charge in [0.05, 0.1) is 5.69 Å². The van der Waals surface area contributed by atoms with E-state index < -0.39 is 10.2 Å². The van der Waals surface area contributed by atoms with Crippen LogP contribution in [0.2, 0.25) is 5.02 Å². The molecule has 2 N–H and O–H groups in total. The summed E-state index contributed by atoms with van der Waals surface area (Å²) in [6, 6.07) is 4.27. The fourth-order valence-electron chi connectivity index (χ4n) is 1.90. The van der Waals surface area contributed by atoms with E-state index in [0.717, 1.165) is 19.3 Å². The first-order valence-electron chi connectivity index (χ1n) is 5.75. The van der Waals surface area contributed by atoms with Crippen molar-refractivity contribution in [3.63, 3.8) is 0 Å². The van der Waals surface area contributed by atoms with Crippen molar-refractivity contribution in [2.24, 2.45) is 0 Å². The Labute approximate surface area is 112 Å². The maximum atomic E-state index is 12.1. The Hall–Kier alpha value is -0.980. The predicted molar refractivity (Wildman–Crippen MR) is 71.1 cm³/mol. The van der Waals surface area contributed by atoms with Gasteiger partial charge in [0.15, 0.2) is 0 Å². The number of benzene rings is 1. The Morgan fingerprint density at radius 2 is 1.89 bits per heavy atom. The topological polar surface area (TPSA) is 69.6 Å². The monoisotopic (exact) mass is 290 g/mol. The van der Waals surface area contributed by atoms with Gasteiger partial charge in [0, 0.05) is 24.2 Å². The zero-order chi connectivity index (χ0) is 13.2. The highest BCUT2D eigenvalue weighted by molar-refractivity contribution is 7.90. The highest BCUT2D eigenvalue weighted by Gasteiger charge is 2.24. The number of rotatable bonds is 3. The number of phenols is 1. The van der Waals surface area contributed by atoms with Crippen LogP contribution in [-0.2, 0) is 10.2 Å². The molecule has 0 aliphatic carbocycles. The number of nitrogens with zero attached hydrogens (tertiary/aromatic N) is 1. The summed E-state index contributed by atoms with van der Waals surface area (Å²) < 4.78 is 27.9. The van der Waals surface area contributed by atoms with Crippen molar-refractivity contribution >= 4 is 27.5 Å². The number of halogens is 1. The molecule has 0 bridgehead atoms. The number of hydrogen-bond acceptors (Lipinski definition) is 3. The SMILES string of the molecule is O=S(=O)(Nc1ccc(Cl)cc1O)N1CCCCC1. The van der Waals surface area contributed by atoms with E-state index in [-0.39, 0.29) is 11.4 Å². The normalized spacial score (nSPS) is 17.6. The number of hydrogen-bond donors (Lipinski definition) is 2. The molecule has 0 atom stereocenters. The molecule has 1 saturated heterocycles. The average molecular weight is 291 g/mol. The molecule has 0 radical (unpaired) electrons. The second kappa shape index (κ2) is 5.34. The molecular formula is C11H15ClN2O3S. The van der Waals surface area contributed by atoms with E-state index in [1.165, 1.54) is 22.5 Å². The summed E-state index contributed by atoms with van der Waals surface area (Å²) in [4.78, 5) is 0. The summed E-state index contributed by atoms with van der Waals surface area (Å²) in [6.07, 6.45) is 2.79. The lowest BCUT2D eigenvalue weighted by atomic mass is 10.2. The van der Waals surface area contributed by atoms with E-state index in [2.05, 4.69) is 4.72 Å². The minimum Gasteiger partial charge on any atom is -0.506 e. The van der Waals surface area contributed by atoms with Gasteiger partial charge in [-0.05, 0) is 25.0 Å². The number of piperidine rings is 1. The van der Waals surface area contributed by atoms with Crippen molar-refractivity contribution in [3.8, 4) is 5.75 Å². The van der Waals surface area contributed by atoms with Crippen molar-refractivity contribution in [3.05, 3.63) is 23.2 Å². The highest BCUT2D eigenvalue weighted by atomic mass is 35.5. The number of phenolic OH excluding ortho intramolecular Hbond substituents is 1. The molecule has 0 amide bonds. The van der Waals surface area contributed by atoms with Crippen LogP contribution in [0.3, 0.4) is 0 Å². The fourth-order valence-corrected chi connectivity index (χ4v) is 3.38.